The van der Waals surface area contributed by atoms with Gasteiger partial charge >= 0.3 is 0 Å². The Morgan fingerprint density at radius 3 is 2.59 bits per heavy atom. The van der Waals surface area contributed by atoms with Gasteiger partial charge in [-0.1, -0.05) is 48.5 Å². The van der Waals surface area contributed by atoms with Crippen LogP contribution < -0.4 is 5.56 Å². The van der Waals surface area contributed by atoms with Crippen LogP contribution >= 0.6 is 11.3 Å². The van der Waals surface area contributed by atoms with Crippen LogP contribution in [0.25, 0.3) is 10.9 Å². The first-order valence-electron chi connectivity index (χ1n) is 12.5. The fourth-order valence-corrected chi connectivity index (χ4v) is 5.43. The summed E-state index contributed by atoms with van der Waals surface area (Å²) in [6.07, 6.45) is 0.838. The minimum atomic E-state index is -0.436. The second kappa shape index (κ2) is 10.4. The highest BCUT2D eigenvalue weighted by Crippen LogP contribution is 2.31. The number of fused-ring (bicyclic) bond motifs is 1. The molecule has 3 heterocycles. The highest BCUT2D eigenvalue weighted by atomic mass is 32.1. The number of thiophene rings is 1. The molecule has 1 N–H and O–H groups in total. The van der Waals surface area contributed by atoms with Crippen molar-refractivity contribution in [3.63, 3.8) is 0 Å². The molecule has 190 valence electrons. The van der Waals surface area contributed by atoms with Gasteiger partial charge in [-0.05, 0) is 84.6 Å². The molecule has 0 amide bonds. The van der Waals surface area contributed by atoms with E-state index in [1.807, 2.05) is 29.8 Å². The van der Waals surface area contributed by atoms with Gasteiger partial charge in [-0.3, -0.25) is 9.69 Å². The zero-order valence-electron chi connectivity index (χ0n) is 21.7. The topological polar surface area (TPSA) is 79.7 Å². The summed E-state index contributed by atoms with van der Waals surface area (Å²) in [7, 11) is 0. The zero-order chi connectivity index (χ0) is 26.0. The molecule has 7 nitrogen and oxygen atoms in total. The van der Waals surface area contributed by atoms with Gasteiger partial charge in [0.2, 0.25) is 0 Å². The molecule has 0 fully saturated rings. The maximum absolute atomic E-state index is 13.7. The number of nitrogens with zero attached hydrogens (tertiary/aromatic N) is 5. The normalized spacial score (nSPS) is 12.9. The van der Waals surface area contributed by atoms with Crippen LogP contribution in [0.5, 0.6) is 0 Å². The number of hydrogen-bond donors (Lipinski definition) is 1. The van der Waals surface area contributed by atoms with Gasteiger partial charge in [-0.15, -0.1) is 16.4 Å². The summed E-state index contributed by atoms with van der Waals surface area (Å²) in [6.45, 7) is 9.66. The second-order valence-corrected chi connectivity index (χ2v) is 11.5. The Morgan fingerprint density at radius 1 is 1.05 bits per heavy atom. The van der Waals surface area contributed by atoms with E-state index in [9.17, 15) is 4.79 Å². The molecule has 5 aromatic rings. The highest BCUT2D eigenvalue weighted by molar-refractivity contribution is 7.09. The Bertz CT molecular complexity index is 1530. The van der Waals surface area contributed by atoms with Crippen molar-refractivity contribution in [1.82, 2.24) is 30.1 Å². The molecule has 0 aliphatic carbocycles. The molecular formula is C29H32N6OS. The van der Waals surface area contributed by atoms with Crippen molar-refractivity contribution < 1.29 is 0 Å². The Morgan fingerprint density at radius 2 is 1.86 bits per heavy atom. The van der Waals surface area contributed by atoms with Gasteiger partial charge < -0.3 is 4.98 Å². The summed E-state index contributed by atoms with van der Waals surface area (Å²) in [4.78, 5) is 20.3. The first kappa shape index (κ1) is 25.0. The third kappa shape index (κ3) is 5.55. The number of pyridine rings is 1. The van der Waals surface area contributed by atoms with Crippen LogP contribution in [-0.2, 0) is 18.5 Å². The monoisotopic (exact) mass is 512 g/mol. The van der Waals surface area contributed by atoms with Crippen LogP contribution in [0, 0.1) is 6.92 Å². The average Bonchev–Trinajstić information content (AvgIpc) is 3.56. The SMILES string of the molecule is Cc1ccc2cc([C@H](c3nnnn3C(C)(C)C)N(CCc3ccccc3)Cc3cccs3)c(=O)[nH]c2c1. The van der Waals surface area contributed by atoms with Gasteiger partial charge in [-0.25, -0.2) is 4.68 Å². The molecule has 0 aliphatic rings. The molecule has 5 rings (SSSR count). The molecule has 2 aromatic carbocycles. The predicted molar refractivity (Wildman–Crippen MR) is 149 cm³/mol. The van der Waals surface area contributed by atoms with Crippen LogP contribution in [0.1, 0.15) is 54.2 Å². The summed E-state index contributed by atoms with van der Waals surface area (Å²) in [5.41, 5.74) is 3.34. The van der Waals surface area contributed by atoms with Crippen molar-refractivity contribution >= 4 is 22.2 Å². The van der Waals surface area contributed by atoms with E-state index in [2.05, 4.69) is 100 Å². The number of nitrogens with one attached hydrogen (secondary N) is 1. The molecule has 0 unspecified atom stereocenters. The number of rotatable bonds is 8. The molecular weight excluding hydrogens is 480 g/mol. The van der Waals surface area contributed by atoms with E-state index >= 15 is 0 Å². The number of aryl methyl sites for hydroxylation is 1. The van der Waals surface area contributed by atoms with Gasteiger partial charge in [0.25, 0.3) is 5.56 Å². The third-order valence-corrected chi connectivity index (χ3v) is 7.39. The number of tetrazole rings is 1. The first-order chi connectivity index (χ1) is 17.8. The lowest BCUT2D eigenvalue weighted by Gasteiger charge is -2.32. The highest BCUT2D eigenvalue weighted by Gasteiger charge is 2.33. The van der Waals surface area contributed by atoms with E-state index in [1.165, 1.54) is 10.4 Å². The van der Waals surface area contributed by atoms with Crippen LogP contribution in [0.15, 0.2) is 76.9 Å². The number of benzene rings is 2. The summed E-state index contributed by atoms with van der Waals surface area (Å²) in [6, 6.07) is 22.3. The molecule has 0 saturated heterocycles. The van der Waals surface area contributed by atoms with Crippen LogP contribution in [0.2, 0.25) is 0 Å². The molecule has 0 spiro atoms. The zero-order valence-corrected chi connectivity index (χ0v) is 22.5. The molecule has 3 aromatic heterocycles. The van der Waals surface area contributed by atoms with Gasteiger partial charge in [0.1, 0.15) is 6.04 Å². The molecule has 0 bridgehead atoms. The van der Waals surface area contributed by atoms with Crippen LogP contribution in [0.4, 0.5) is 0 Å². The largest absolute Gasteiger partial charge is 0.322 e. The van der Waals surface area contributed by atoms with Gasteiger partial charge in [0.05, 0.1) is 5.54 Å². The van der Waals surface area contributed by atoms with Gasteiger partial charge in [0, 0.05) is 29.0 Å². The predicted octanol–water partition coefficient (Wildman–Crippen LogP) is 5.47. The lowest BCUT2D eigenvalue weighted by molar-refractivity contribution is 0.196. The smallest absolute Gasteiger partial charge is 0.253 e. The maximum atomic E-state index is 13.7. The van der Waals surface area contributed by atoms with Gasteiger partial charge in [0.15, 0.2) is 5.82 Å². The lowest BCUT2D eigenvalue weighted by Crippen LogP contribution is -2.38. The van der Waals surface area contributed by atoms with Gasteiger partial charge in [-0.2, -0.15) is 0 Å². The summed E-state index contributed by atoms with van der Waals surface area (Å²) >= 11 is 1.71. The standard InChI is InChI=1S/C29H32N6OS/c1-20-12-13-22-18-24(28(36)30-25(22)17-20)26(27-31-32-33-35(27)29(2,3)4)34(19-23-11-8-16-37-23)15-14-21-9-6-5-7-10-21/h5-13,16-18,26H,14-15,19H2,1-4H3,(H,30,36)/t26-/m1/s1. The molecule has 0 aliphatic heterocycles. The number of H-pyrrole nitrogens is 1. The Hall–Kier alpha value is -3.62. The fraction of sp³-hybridized carbons (Fsp3) is 0.310. The number of aromatic nitrogens is 5. The summed E-state index contributed by atoms with van der Waals surface area (Å²) in [5.74, 6) is 0.661. The van der Waals surface area contributed by atoms with E-state index in [0.29, 0.717) is 17.9 Å². The van der Waals surface area contributed by atoms with E-state index in [1.54, 1.807) is 11.3 Å². The minimum absolute atomic E-state index is 0.123. The summed E-state index contributed by atoms with van der Waals surface area (Å²) < 4.78 is 1.85. The third-order valence-electron chi connectivity index (χ3n) is 6.53. The van der Waals surface area contributed by atoms with Crippen LogP contribution in [-0.4, -0.2) is 36.6 Å². The Balaban J connectivity index is 1.67. The number of hydrogen-bond acceptors (Lipinski definition) is 6. The van der Waals surface area contributed by atoms with Crippen molar-refractivity contribution in [3.05, 3.63) is 110 Å². The molecule has 0 radical (unpaired) electrons. The first-order valence-corrected chi connectivity index (χ1v) is 13.4. The van der Waals surface area contributed by atoms with Crippen molar-refractivity contribution in [1.29, 1.82) is 0 Å². The van der Waals surface area contributed by atoms with Crippen LogP contribution in [0.3, 0.4) is 0 Å². The van der Waals surface area contributed by atoms with E-state index in [4.69, 9.17) is 0 Å². The van der Waals surface area contributed by atoms with E-state index < -0.39 is 6.04 Å². The molecule has 1 atom stereocenters. The molecule has 0 saturated carbocycles. The fourth-order valence-electron chi connectivity index (χ4n) is 4.70. The number of aromatic amines is 1. The Labute approximate surface area is 220 Å². The molecule has 8 heteroatoms. The van der Waals surface area contributed by atoms with Crippen molar-refractivity contribution in [2.24, 2.45) is 0 Å². The van der Waals surface area contributed by atoms with E-state index in [0.717, 1.165) is 29.4 Å². The minimum Gasteiger partial charge on any atom is -0.322 e. The second-order valence-electron chi connectivity index (χ2n) is 10.5. The molecule has 37 heavy (non-hydrogen) atoms. The average molecular weight is 513 g/mol. The van der Waals surface area contributed by atoms with Crippen molar-refractivity contribution in [2.45, 2.75) is 52.2 Å². The lowest BCUT2D eigenvalue weighted by atomic mass is 10.0. The van der Waals surface area contributed by atoms with Crippen molar-refractivity contribution in [2.75, 3.05) is 6.54 Å². The van der Waals surface area contributed by atoms with Crippen molar-refractivity contribution in [3.8, 4) is 0 Å². The Kier molecular flexibility index (Phi) is 7.04. The van der Waals surface area contributed by atoms with E-state index in [-0.39, 0.29) is 11.1 Å². The summed E-state index contributed by atoms with van der Waals surface area (Å²) in [5, 5.41) is 16.0. The maximum Gasteiger partial charge on any atom is 0.253 e. The quantitative estimate of drug-likeness (QED) is 0.298.